The number of pyridine rings is 1. The molecule has 0 N–H and O–H groups in total. The molecular weight excluding hydrogens is 501 g/mol. The van der Waals surface area contributed by atoms with Gasteiger partial charge in [-0.15, -0.1) is 0 Å². The van der Waals surface area contributed by atoms with Crippen molar-refractivity contribution in [2.75, 3.05) is 19.8 Å². The monoisotopic (exact) mass is 530 g/mol. The van der Waals surface area contributed by atoms with Crippen LogP contribution in [-0.4, -0.2) is 41.7 Å². The Morgan fingerprint density at radius 3 is 2.39 bits per heavy atom. The molecule has 202 valence electrons. The maximum atomic E-state index is 13.0. The molecule has 3 rings (SSSR count). The molecule has 38 heavy (non-hydrogen) atoms. The summed E-state index contributed by atoms with van der Waals surface area (Å²) in [5.41, 5.74) is 1.72. The lowest BCUT2D eigenvalue weighted by molar-refractivity contribution is -0.144. The van der Waals surface area contributed by atoms with Gasteiger partial charge in [0.25, 0.3) is 0 Å². The highest BCUT2D eigenvalue weighted by Gasteiger charge is 2.31. The third kappa shape index (κ3) is 8.79. The number of esters is 1. The van der Waals surface area contributed by atoms with Gasteiger partial charge < -0.3 is 14.2 Å². The molecule has 7 nitrogen and oxygen atoms in total. The minimum Gasteiger partial charge on any atom is -0.493 e. The Morgan fingerprint density at radius 1 is 0.947 bits per heavy atom. The van der Waals surface area contributed by atoms with Crippen LogP contribution < -0.4 is 9.47 Å². The quantitative estimate of drug-likeness (QED) is 0.290. The molecule has 0 radical (unpaired) electrons. The highest BCUT2D eigenvalue weighted by atomic mass is 19.4. The van der Waals surface area contributed by atoms with E-state index in [2.05, 4.69) is 11.9 Å². The Labute approximate surface area is 219 Å². The van der Waals surface area contributed by atoms with E-state index < -0.39 is 30.3 Å². The molecule has 0 unspecified atom stereocenters. The lowest BCUT2D eigenvalue weighted by Gasteiger charge is -2.22. The molecule has 0 aliphatic heterocycles. The summed E-state index contributed by atoms with van der Waals surface area (Å²) < 4.78 is 55.0. The van der Waals surface area contributed by atoms with Crippen LogP contribution in [0.3, 0.4) is 0 Å². The van der Waals surface area contributed by atoms with E-state index in [0.29, 0.717) is 24.3 Å². The van der Waals surface area contributed by atoms with Gasteiger partial charge >= 0.3 is 18.2 Å². The molecule has 1 aromatic heterocycles. The molecule has 0 aliphatic carbocycles. The smallest absolute Gasteiger partial charge is 0.416 e. The SMILES string of the molecule is CCOC(=O)CN(Cc1cccc(OCCc2ccc(CC)cn2)c1)C(=O)Oc1cccc(C(F)(F)F)c1. The first kappa shape index (κ1) is 28.5. The van der Waals surface area contributed by atoms with Gasteiger partial charge in [-0.1, -0.05) is 31.2 Å². The van der Waals surface area contributed by atoms with E-state index in [1.165, 1.54) is 6.07 Å². The summed E-state index contributed by atoms with van der Waals surface area (Å²) in [7, 11) is 0. The molecule has 0 fully saturated rings. The van der Waals surface area contributed by atoms with E-state index in [0.717, 1.165) is 40.8 Å². The number of hydrogen-bond donors (Lipinski definition) is 0. The largest absolute Gasteiger partial charge is 0.493 e. The second kappa shape index (κ2) is 13.5. The number of carbonyl (C=O) groups excluding carboxylic acids is 2. The molecule has 3 aromatic rings. The Bertz CT molecular complexity index is 1220. The van der Waals surface area contributed by atoms with Gasteiger partial charge in [0.1, 0.15) is 18.0 Å². The molecule has 1 heterocycles. The number of hydrogen-bond acceptors (Lipinski definition) is 6. The summed E-state index contributed by atoms with van der Waals surface area (Å²) in [6.45, 7) is 3.66. The van der Waals surface area contributed by atoms with Gasteiger partial charge in [0, 0.05) is 24.9 Å². The van der Waals surface area contributed by atoms with Crippen molar-refractivity contribution in [1.82, 2.24) is 9.88 Å². The Kier molecular flexibility index (Phi) is 10.1. The van der Waals surface area contributed by atoms with Crippen LogP contribution in [0, 0.1) is 0 Å². The van der Waals surface area contributed by atoms with Gasteiger partial charge in [0.15, 0.2) is 0 Å². The first-order valence-corrected chi connectivity index (χ1v) is 12.1. The predicted molar refractivity (Wildman–Crippen MR) is 134 cm³/mol. The number of alkyl halides is 3. The minimum atomic E-state index is -4.59. The number of aryl methyl sites for hydroxylation is 1. The Hall–Kier alpha value is -4.08. The number of benzene rings is 2. The molecule has 2 aromatic carbocycles. The zero-order valence-corrected chi connectivity index (χ0v) is 21.2. The standard InChI is InChI=1S/C28H29F3N2O5/c1-3-20-11-12-23(32-17-20)13-14-37-24-9-5-7-21(15-24)18-33(19-26(34)36-4-2)27(35)38-25-10-6-8-22(16-25)28(29,30)31/h5-12,15-17H,3-4,13-14,18-19H2,1-2H3. The molecule has 0 saturated carbocycles. The highest BCUT2D eigenvalue weighted by Crippen LogP contribution is 2.31. The molecule has 0 atom stereocenters. The van der Waals surface area contributed by atoms with Crippen molar-refractivity contribution < 1.29 is 37.0 Å². The Balaban J connectivity index is 1.67. The molecule has 0 bridgehead atoms. The van der Waals surface area contributed by atoms with Crippen molar-refractivity contribution in [2.24, 2.45) is 0 Å². The van der Waals surface area contributed by atoms with Crippen molar-refractivity contribution >= 4 is 12.1 Å². The molecule has 0 aliphatic rings. The van der Waals surface area contributed by atoms with Crippen LogP contribution in [0.25, 0.3) is 0 Å². The fraction of sp³-hybridized carbons (Fsp3) is 0.321. The fourth-order valence-corrected chi connectivity index (χ4v) is 3.49. The first-order chi connectivity index (χ1) is 18.2. The average molecular weight is 531 g/mol. The zero-order chi connectivity index (χ0) is 27.5. The number of carbonyl (C=O) groups is 2. The third-order valence-electron chi connectivity index (χ3n) is 5.44. The average Bonchev–Trinajstić information content (AvgIpc) is 2.89. The van der Waals surface area contributed by atoms with Gasteiger partial charge in [0.2, 0.25) is 0 Å². The number of ether oxygens (including phenoxy) is 3. The van der Waals surface area contributed by atoms with Gasteiger partial charge in [-0.25, -0.2) is 4.79 Å². The van der Waals surface area contributed by atoms with Crippen LogP contribution in [0.15, 0.2) is 66.9 Å². The van der Waals surface area contributed by atoms with E-state index in [1.54, 1.807) is 31.2 Å². The van der Waals surface area contributed by atoms with Crippen LogP contribution in [-0.2, 0) is 35.1 Å². The minimum absolute atomic E-state index is 0.0617. The van der Waals surface area contributed by atoms with Crippen molar-refractivity contribution in [3.8, 4) is 11.5 Å². The van der Waals surface area contributed by atoms with Crippen LogP contribution >= 0.6 is 0 Å². The molecule has 0 saturated heterocycles. The second-order valence-electron chi connectivity index (χ2n) is 8.31. The van der Waals surface area contributed by atoms with Crippen molar-refractivity contribution in [3.05, 3.63) is 89.2 Å². The van der Waals surface area contributed by atoms with Crippen LogP contribution in [0.4, 0.5) is 18.0 Å². The van der Waals surface area contributed by atoms with E-state index >= 15 is 0 Å². The number of halogens is 3. The van der Waals surface area contributed by atoms with Crippen LogP contribution in [0.2, 0.25) is 0 Å². The molecule has 1 amide bonds. The van der Waals surface area contributed by atoms with E-state index in [9.17, 15) is 22.8 Å². The van der Waals surface area contributed by atoms with E-state index in [1.807, 2.05) is 18.3 Å². The fourth-order valence-electron chi connectivity index (χ4n) is 3.49. The molecule has 10 heteroatoms. The second-order valence-corrected chi connectivity index (χ2v) is 8.31. The van der Waals surface area contributed by atoms with Gasteiger partial charge in [-0.3, -0.25) is 14.7 Å². The number of rotatable bonds is 11. The van der Waals surface area contributed by atoms with E-state index in [-0.39, 0.29) is 18.9 Å². The summed E-state index contributed by atoms with van der Waals surface area (Å²) in [6, 6.07) is 14.9. The number of nitrogens with zero attached hydrogens (tertiary/aromatic N) is 2. The topological polar surface area (TPSA) is 78.0 Å². The van der Waals surface area contributed by atoms with Gasteiger partial charge in [-0.2, -0.15) is 13.2 Å². The summed E-state index contributed by atoms with van der Waals surface area (Å²) in [5.74, 6) is -0.422. The first-order valence-electron chi connectivity index (χ1n) is 12.1. The predicted octanol–water partition coefficient (Wildman–Crippen LogP) is 5.85. The van der Waals surface area contributed by atoms with Crippen molar-refractivity contribution in [3.63, 3.8) is 0 Å². The lowest BCUT2D eigenvalue weighted by atomic mass is 10.2. The summed E-state index contributed by atoms with van der Waals surface area (Å²) >= 11 is 0. The zero-order valence-electron chi connectivity index (χ0n) is 21.2. The normalized spacial score (nSPS) is 11.1. The third-order valence-corrected chi connectivity index (χ3v) is 5.44. The maximum absolute atomic E-state index is 13.0. The highest BCUT2D eigenvalue weighted by molar-refractivity contribution is 5.79. The summed E-state index contributed by atoms with van der Waals surface area (Å²) in [4.78, 5) is 30.4. The summed E-state index contributed by atoms with van der Waals surface area (Å²) in [5, 5.41) is 0. The van der Waals surface area contributed by atoms with Crippen LogP contribution in [0.5, 0.6) is 11.5 Å². The Morgan fingerprint density at radius 2 is 1.71 bits per heavy atom. The number of aromatic nitrogens is 1. The lowest BCUT2D eigenvalue weighted by Crippen LogP contribution is -2.38. The number of amides is 1. The van der Waals surface area contributed by atoms with Crippen LogP contribution in [0.1, 0.15) is 36.2 Å². The molecule has 0 spiro atoms. The van der Waals surface area contributed by atoms with Gasteiger partial charge in [0.05, 0.1) is 18.8 Å². The maximum Gasteiger partial charge on any atom is 0.416 e. The summed E-state index contributed by atoms with van der Waals surface area (Å²) in [6.07, 6.45) is -2.23. The van der Waals surface area contributed by atoms with Crippen molar-refractivity contribution in [1.29, 1.82) is 0 Å². The molecular formula is C28H29F3N2O5. The van der Waals surface area contributed by atoms with E-state index in [4.69, 9.17) is 14.2 Å². The van der Waals surface area contributed by atoms with Crippen molar-refractivity contribution in [2.45, 2.75) is 39.4 Å². The van der Waals surface area contributed by atoms with Gasteiger partial charge in [-0.05, 0) is 60.9 Å².